The number of aryl methyl sites for hydroxylation is 2. The standard InChI is InChI=1S/C16H19NO3/c1-10-7-12(8-11(2)17-10)16(18)14-6-5-13(19-3)9-15(14)20-4/h5-9,16,18H,1-4H3. The van der Waals surface area contributed by atoms with Crippen LogP contribution in [0.4, 0.5) is 0 Å². The minimum atomic E-state index is -0.753. The molecule has 1 atom stereocenters. The Kier molecular flexibility index (Phi) is 4.25. The number of ether oxygens (including phenoxy) is 2. The predicted octanol–water partition coefficient (Wildman–Crippen LogP) is 2.80. The molecule has 0 aliphatic heterocycles. The third-order valence-corrected chi connectivity index (χ3v) is 3.15. The van der Waals surface area contributed by atoms with Crippen molar-refractivity contribution in [3.63, 3.8) is 0 Å². The van der Waals surface area contributed by atoms with Crippen molar-refractivity contribution in [1.29, 1.82) is 0 Å². The molecule has 106 valence electrons. The lowest BCUT2D eigenvalue weighted by Gasteiger charge is -2.17. The summed E-state index contributed by atoms with van der Waals surface area (Å²) in [4.78, 5) is 4.32. The van der Waals surface area contributed by atoms with Gasteiger partial charge in [-0.25, -0.2) is 0 Å². The highest BCUT2D eigenvalue weighted by molar-refractivity contribution is 5.45. The zero-order valence-corrected chi connectivity index (χ0v) is 12.2. The fourth-order valence-corrected chi connectivity index (χ4v) is 2.25. The smallest absolute Gasteiger partial charge is 0.128 e. The number of aliphatic hydroxyl groups excluding tert-OH is 1. The van der Waals surface area contributed by atoms with E-state index < -0.39 is 6.10 Å². The summed E-state index contributed by atoms with van der Waals surface area (Å²) in [6.45, 7) is 3.82. The van der Waals surface area contributed by atoms with Crippen LogP contribution >= 0.6 is 0 Å². The molecule has 0 fully saturated rings. The lowest BCUT2D eigenvalue weighted by Crippen LogP contribution is -2.04. The largest absolute Gasteiger partial charge is 0.497 e. The minimum Gasteiger partial charge on any atom is -0.497 e. The van der Waals surface area contributed by atoms with Crippen LogP contribution in [0.5, 0.6) is 11.5 Å². The molecule has 1 unspecified atom stereocenters. The summed E-state index contributed by atoms with van der Waals surface area (Å²) in [5.74, 6) is 1.30. The van der Waals surface area contributed by atoms with Gasteiger partial charge in [-0.3, -0.25) is 4.98 Å². The molecule has 20 heavy (non-hydrogen) atoms. The van der Waals surface area contributed by atoms with Crippen LogP contribution in [0.1, 0.15) is 28.6 Å². The molecular formula is C16H19NO3. The van der Waals surface area contributed by atoms with E-state index in [1.165, 1.54) is 0 Å². The second-order valence-corrected chi connectivity index (χ2v) is 4.69. The fraction of sp³-hybridized carbons (Fsp3) is 0.312. The zero-order valence-electron chi connectivity index (χ0n) is 12.2. The van der Waals surface area contributed by atoms with Crippen LogP contribution in [0.15, 0.2) is 30.3 Å². The predicted molar refractivity (Wildman–Crippen MR) is 77.3 cm³/mol. The van der Waals surface area contributed by atoms with Crippen LogP contribution in [-0.4, -0.2) is 24.3 Å². The highest BCUT2D eigenvalue weighted by Gasteiger charge is 2.17. The molecule has 0 bridgehead atoms. The van der Waals surface area contributed by atoms with E-state index in [4.69, 9.17) is 9.47 Å². The van der Waals surface area contributed by atoms with Gasteiger partial charge in [0.1, 0.15) is 17.6 Å². The molecule has 1 aromatic heterocycles. The Bertz CT molecular complexity index is 590. The van der Waals surface area contributed by atoms with Gasteiger partial charge in [-0.05, 0) is 43.7 Å². The summed E-state index contributed by atoms with van der Waals surface area (Å²) in [6, 6.07) is 9.14. The van der Waals surface area contributed by atoms with E-state index in [1.807, 2.05) is 38.1 Å². The zero-order chi connectivity index (χ0) is 14.7. The second kappa shape index (κ2) is 5.92. The molecular weight excluding hydrogens is 254 g/mol. The van der Waals surface area contributed by atoms with E-state index in [0.717, 1.165) is 17.0 Å². The van der Waals surface area contributed by atoms with Gasteiger partial charge in [-0.2, -0.15) is 0 Å². The van der Waals surface area contributed by atoms with Crippen LogP contribution in [-0.2, 0) is 0 Å². The SMILES string of the molecule is COc1ccc(C(O)c2cc(C)nc(C)c2)c(OC)c1. The molecule has 0 aliphatic carbocycles. The average molecular weight is 273 g/mol. The lowest BCUT2D eigenvalue weighted by atomic mass is 10.00. The van der Waals surface area contributed by atoms with Crippen molar-refractivity contribution >= 4 is 0 Å². The highest BCUT2D eigenvalue weighted by Crippen LogP contribution is 2.33. The van der Waals surface area contributed by atoms with Crippen molar-refractivity contribution in [3.8, 4) is 11.5 Å². The van der Waals surface area contributed by atoms with Gasteiger partial charge < -0.3 is 14.6 Å². The first-order valence-corrected chi connectivity index (χ1v) is 6.40. The molecule has 1 N–H and O–H groups in total. The van der Waals surface area contributed by atoms with Crippen molar-refractivity contribution < 1.29 is 14.6 Å². The van der Waals surface area contributed by atoms with E-state index in [0.29, 0.717) is 17.1 Å². The lowest BCUT2D eigenvalue weighted by molar-refractivity contribution is 0.214. The van der Waals surface area contributed by atoms with Crippen LogP contribution in [0, 0.1) is 13.8 Å². The monoisotopic (exact) mass is 273 g/mol. The van der Waals surface area contributed by atoms with Crippen molar-refractivity contribution in [1.82, 2.24) is 4.98 Å². The summed E-state index contributed by atoms with van der Waals surface area (Å²) in [7, 11) is 3.18. The molecule has 4 nitrogen and oxygen atoms in total. The number of hydrogen-bond acceptors (Lipinski definition) is 4. The minimum absolute atomic E-state index is 0.601. The maximum absolute atomic E-state index is 10.6. The molecule has 1 heterocycles. The number of hydrogen-bond donors (Lipinski definition) is 1. The van der Waals surface area contributed by atoms with Gasteiger partial charge >= 0.3 is 0 Å². The van der Waals surface area contributed by atoms with Gasteiger partial charge in [0.2, 0.25) is 0 Å². The van der Waals surface area contributed by atoms with Crippen LogP contribution in [0.2, 0.25) is 0 Å². The second-order valence-electron chi connectivity index (χ2n) is 4.69. The third kappa shape index (κ3) is 2.91. The number of nitrogens with zero attached hydrogens (tertiary/aromatic N) is 1. The molecule has 4 heteroatoms. The molecule has 1 aromatic carbocycles. The van der Waals surface area contributed by atoms with E-state index in [9.17, 15) is 5.11 Å². The fourth-order valence-electron chi connectivity index (χ4n) is 2.25. The Morgan fingerprint density at radius 1 is 1.00 bits per heavy atom. The number of rotatable bonds is 4. The molecule has 0 radical (unpaired) electrons. The van der Waals surface area contributed by atoms with Crippen molar-refractivity contribution in [2.75, 3.05) is 14.2 Å². The number of aromatic nitrogens is 1. The van der Waals surface area contributed by atoms with Crippen LogP contribution < -0.4 is 9.47 Å². The molecule has 0 saturated heterocycles. The normalized spacial score (nSPS) is 12.1. The number of pyridine rings is 1. The van der Waals surface area contributed by atoms with E-state index in [1.54, 1.807) is 20.3 Å². The van der Waals surface area contributed by atoms with Gasteiger partial charge in [0.05, 0.1) is 14.2 Å². The molecule has 2 aromatic rings. The molecule has 0 saturated carbocycles. The third-order valence-electron chi connectivity index (χ3n) is 3.15. The maximum Gasteiger partial charge on any atom is 0.128 e. The van der Waals surface area contributed by atoms with E-state index in [-0.39, 0.29) is 0 Å². The molecule has 0 aliphatic rings. The highest BCUT2D eigenvalue weighted by atomic mass is 16.5. The summed E-state index contributed by atoms with van der Waals surface area (Å²) in [5, 5.41) is 10.6. The van der Waals surface area contributed by atoms with Gasteiger partial charge in [0.15, 0.2) is 0 Å². The number of methoxy groups -OCH3 is 2. The molecule has 0 amide bonds. The van der Waals surface area contributed by atoms with Gasteiger partial charge in [-0.1, -0.05) is 0 Å². The first-order chi connectivity index (χ1) is 9.55. The Morgan fingerprint density at radius 2 is 1.65 bits per heavy atom. The first kappa shape index (κ1) is 14.3. The van der Waals surface area contributed by atoms with Crippen LogP contribution in [0.25, 0.3) is 0 Å². The summed E-state index contributed by atoms with van der Waals surface area (Å²) >= 11 is 0. The van der Waals surface area contributed by atoms with E-state index >= 15 is 0 Å². The van der Waals surface area contributed by atoms with Crippen LogP contribution in [0.3, 0.4) is 0 Å². The van der Waals surface area contributed by atoms with Gasteiger partial charge in [0.25, 0.3) is 0 Å². The quantitative estimate of drug-likeness (QED) is 0.930. The number of benzene rings is 1. The molecule has 2 rings (SSSR count). The van der Waals surface area contributed by atoms with Crippen molar-refractivity contribution in [2.45, 2.75) is 20.0 Å². The van der Waals surface area contributed by atoms with Gasteiger partial charge in [0, 0.05) is 23.0 Å². The Balaban J connectivity index is 2.44. The average Bonchev–Trinajstić information content (AvgIpc) is 2.44. The van der Waals surface area contributed by atoms with E-state index in [2.05, 4.69) is 4.98 Å². The Labute approximate surface area is 119 Å². The van der Waals surface area contributed by atoms with Crippen molar-refractivity contribution in [3.05, 3.63) is 52.8 Å². The maximum atomic E-state index is 10.6. The number of aliphatic hydroxyl groups is 1. The van der Waals surface area contributed by atoms with Crippen molar-refractivity contribution in [2.24, 2.45) is 0 Å². The first-order valence-electron chi connectivity index (χ1n) is 6.40. The molecule has 0 spiro atoms. The topological polar surface area (TPSA) is 51.6 Å². The van der Waals surface area contributed by atoms with Gasteiger partial charge in [-0.15, -0.1) is 0 Å². The Morgan fingerprint density at radius 3 is 2.20 bits per heavy atom. The summed E-state index contributed by atoms with van der Waals surface area (Å²) in [6.07, 6.45) is -0.753. The Hall–Kier alpha value is -2.07. The summed E-state index contributed by atoms with van der Waals surface area (Å²) in [5.41, 5.74) is 3.27. The summed E-state index contributed by atoms with van der Waals surface area (Å²) < 4.78 is 10.5.